The Morgan fingerprint density at radius 3 is 2.62 bits per heavy atom. The van der Waals surface area contributed by atoms with E-state index in [1.165, 1.54) is 16.4 Å². The molecule has 0 radical (unpaired) electrons. The molecule has 2 aromatic rings. The third kappa shape index (κ3) is 4.65. The fourth-order valence-corrected chi connectivity index (χ4v) is 5.63. The predicted molar refractivity (Wildman–Crippen MR) is 121 cm³/mol. The first-order chi connectivity index (χ1) is 15.4. The molecule has 32 heavy (non-hydrogen) atoms. The van der Waals surface area contributed by atoms with Crippen molar-refractivity contribution >= 4 is 33.2 Å². The molecule has 2 aliphatic heterocycles. The number of carbonyl (C=O) groups excluding carboxylic acids is 1. The molecule has 0 atom stereocenters. The number of hydrogen-bond donors (Lipinski definition) is 1. The molecule has 0 saturated carbocycles. The SMILES string of the molecule is CCOc1ccc(NC(=O)c2cc(Cl)c3c(c2)OCCCO3)cc1S(=O)(=O)N1CCCC1. The number of sulfonamides is 1. The van der Waals surface area contributed by atoms with Gasteiger partial charge in [-0.05, 0) is 50.1 Å². The zero-order valence-electron chi connectivity index (χ0n) is 17.7. The Bertz CT molecular complexity index is 1120. The van der Waals surface area contributed by atoms with E-state index in [4.69, 9.17) is 25.8 Å². The second-order valence-corrected chi connectivity index (χ2v) is 9.81. The molecule has 1 N–H and O–H groups in total. The van der Waals surface area contributed by atoms with E-state index in [9.17, 15) is 13.2 Å². The molecular formula is C22H25ClN2O6S. The quantitative estimate of drug-likeness (QED) is 0.673. The summed E-state index contributed by atoms with van der Waals surface area (Å²) in [5, 5.41) is 3.02. The number of benzene rings is 2. The summed E-state index contributed by atoms with van der Waals surface area (Å²) < 4.78 is 44.6. The van der Waals surface area contributed by atoms with Crippen molar-refractivity contribution in [1.29, 1.82) is 0 Å². The number of ether oxygens (including phenoxy) is 3. The summed E-state index contributed by atoms with van der Waals surface area (Å²) in [7, 11) is -3.74. The van der Waals surface area contributed by atoms with Crippen LogP contribution in [-0.2, 0) is 10.0 Å². The summed E-state index contributed by atoms with van der Waals surface area (Å²) >= 11 is 6.29. The minimum absolute atomic E-state index is 0.0377. The summed E-state index contributed by atoms with van der Waals surface area (Å²) in [6.45, 7) is 4.00. The minimum Gasteiger partial charge on any atom is -0.492 e. The van der Waals surface area contributed by atoms with E-state index in [0.29, 0.717) is 56.5 Å². The molecule has 2 aromatic carbocycles. The Morgan fingerprint density at radius 1 is 1.12 bits per heavy atom. The summed E-state index contributed by atoms with van der Waals surface area (Å²) in [4.78, 5) is 12.9. The topological polar surface area (TPSA) is 94.2 Å². The van der Waals surface area contributed by atoms with Crippen LogP contribution in [0.15, 0.2) is 35.2 Å². The fraction of sp³-hybridized carbons (Fsp3) is 0.409. The lowest BCUT2D eigenvalue weighted by atomic mass is 10.1. The van der Waals surface area contributed by atoms with Crippen molar-refractivity contribution in [3.05, 3.63) is 40.9 Å². The van der Waals surface area contributed by atoms with Gasteiger partial charge in [0, 0.05) is 30.8 Å². The molecule has 0 unspecified atom stereocenters. The van der Waals surface area contributed by atoms with Crippen LogP contribution < -0.4 is 19.5 Å². The van der Waals surface area contributed by atoms with Crippen molar-refractivity contribution in [2.75, 3.05) is 38.2 Å². The molecule has 0 aliphatic carbocycles. The zero-order chi connectivity index (χ0) is 22.7. The number of carbonyl (C=O) groups is 1. The number of fused-ring (bicyclic) bond motifs is 1. The van der Waals surface area contributed by atoms with Gasteiger partial charge < -0.3 is 19.5 Å². The second kappa shape index (κ2) is 9.56. The van der Waals surface area contributed by atoms with E-state index >= 15 is 0 Å². The van der Waals surface area contributed by atoms with Crippen molar-refractivity contribution in [1.82, 2.24) is 4.31 Å². The van der Waals surface area contributed by atoms with Gasteiger partial charge in [-0.3, -0.25) is 4.79 Å². The maximum atomic E-state index is 13.2. The van der Waals surface area contributed by atoms with Crippen LogP contribution >= 0.6 is 11.6 Å². The van der Waals surface area contributed by atoms with Gasteiger partial charge in [-0.1, -0.05) is 11.6 Å². The molecule has 1 fully saturated rings. The second-order valence-electron chi connectivity index (χ2n) is 7.50. The standard InChI is InChI=1S/C22H25ClN2O6S/c1-2-29-18-7-6-16(14-20(18)32(27,28)25-8-3-4-9-25)24-22(26)15-12-17(23)21-19(13-15)30-10-5-11-31-21/h6-7,12-14H,2-5,8-11H2,1H3,(H,24,26). The Morgan fingerprint density at radius 2 is 1.88 bits per heavy atom. The fourth-order valence-electron chi connectivity index (χ4n) is 3.69. The summed E-state index contributed by atoms with van der Waals surface area (Å²) in [5.41, 5.74) is 0.608. The summed E-state index contributed by atoms with van der Waals surface area (Å²) in [6, 6.07) is 7.67. The van der Waals surface area contributed by atoms with E-state index in [1.807, 2.05) is 0 Å². The van der Waals surface area contributed by atoms with Gasteiger partial charge in [-0.25, -0.2) is 8.42 Å². The first kappa shape index (κ1) is 22.7. The van der Waals surface area contributed by atoms with Crippen molar-refractivity contribution in [2.24, 2.45) is 0 Å². The predicted octanol–water partition coefficient (Wildman–Crippen LogP) is 3.94. The van der Waals surface area contributed by atoms with Crippen LogP contribution in [0.4, 0.5) is 5.69 Å². The van der Waals surface area contributed by atoms with Gasteiger partial charge in [0.1, 0.15) is 10.6 Å². The van der Waals surface area contributed by atoms with Crippen molar-refractivity contribution < 1.29 is 27.4 Å². The van der Waals surface area contributed by atoms with Gasteiger partial charge in [0.05, 0.1) is 24.8 Å². The molecule has 4 rings (SSSR count). The zero-order valence-corrected chi connectivity index (χ0v) is 19.3. The van der Waals surface area contributed by atoms with Gasteiger partial charge in [0.15, 0.2) is 11.5 Å². The maximum absolute atomic E-state index is 13.2. The van der Waals surface area contributed by atoms with Gasteiger partial charge in [-0.15, -0.1) is 0 Å². The molecule has 2 heterocycles. The Balaban J connectivity index is 1.63. The molecule has 0 bridgehead atoms. The average molecular weight is 481 g/mol. The lowest BCUT2D eigenvalue weighted by molar-refractivity contribution is 0.102. The van der Waals surface area contributed by atoms with E-state index in [2.05, 4.69) is 5.32 Å². The lowest BCUT2D eigenvalue weighted by Crippen LogP contribution is -2.28. The number of nitrogens with zero attached hydrogens (tertiary/aromatic N) is 1. The van der Waals surface area contributed by atoms with Crippen LogP contribution in [0.2, 0.25) is 5.02 Å². The molecule has 172 valence electrons. The number of hydrogen-bond acceptors (Lipinski definition) is 6. The van der Waals surface area contributed by atoms with E-state index in [0.717, 1.165) is 12.8 Å². The highest BCUT2D eigenvalue weighted by Gasteiger charge is 2.30. The molecule has 1 saturated heterocycles. The van der Waals surface area contributed by atoms with Crippen LogP contribution in [0.3, 0.4) is 0 Å². The third-order valence-corrected chi connectivity index (χ3v) is 7.45. The van der Waals surface area contributed by atoms with Gasteiger partial charge >= 0.3 is 0 Å². The maximum Gasteiger partial charge on any atom is 0.255 e. The Hall–Kier alpha value is -2.49. The van der Waals surface area contributed by atoms with Crippen LogP contribution in [0.25, 0.3) is 0 Å². The highest BCUT2D eigenvalue weighted by atomic mass is 35.5. The largest absolute Gasteiger partial charge is 0.492 e. The highest BCUT2D eigenvalue weighted by Crippen LogP contribution is 2.38. The normalized spacial score (nSPS) is 16.4. The van der Waals surface area contributed by atoms with Gasteiger partial charge in [0.2, 0.25) is 10.0 Å². The van der Waals surface area contributed by atoms with Crippen LogP contribution in [0.5, 0.6) is 17.2 Å². The molecule has 2 aliphatic rings. The Labute approximate surface area is 192 Å². The van der Waals surface area contributed by atoms with Crippen molar-refractivity contribution in [2.45, 2.75) is 31.1 Å². The van der Waals surface area contributed by atoms with Crippen LogP contribution in [0, 0.1) is 0 Å². The van der Waals surface area contributed by atoms with Crippen molar-refractivity contribution in [3.8, 4) is 17.2 Å². The number of rotatable bonds is 6. The van der Waals surface area contributed by atoms with E-state index in [1.54, 1.807) is 25.1 Å². The Kier molecular flexibility index (Phi) is 6.78. The monoisotopic (exact) mass is 480 g/mol. The number of halogens is 1. The lowest BCUT2D eigenvalue weighted by Gasteiger charge is -2.19. The summed E-state index contributed by atoms with van der Waals surface area (Å²) in [6.07, 6.45) is 2.36. The van der Waals surface area contributed by atoms with Gasteiger partial charge in [0.25, 0.3) is 5.91 Å². The number of nitrogens with one attached hydrogen (secondary N) is 1. The average Bonchev–Trinajstić information content (AvgIpc) is 3.21. The third-order valence-electron chi connectivity index (χ3n) is 5.25. The smallest absolute Gasteiger partial charge is 0.255 e. The molecular weight excluding hydrogens is 456 g/mol. The van der Waals surface area contributed by atoms with Crippen LogP contribution in [0.1, 0.15) is 36.5 Å². The molecule has 0 aromatic heterocycles. The molecule has 1 amide bonds. The molecule has 0 spiro atoms. The summed E-state index contributed by atoms with van der Waals surface area (Å²) in [5.74, 6) is 0.636. The number of amides is 1. The number of anilines is 1. The van der Waals surface area contributed by atoms with Gasteiger partial charge in [-0.2, -0.15) is 4.31 Å². The van der Waals surface area contributed by atoms with E-state index in [-0.39, 0.29) is 21.2 Å². The van der Waals surface area contributed by atoms with Crippen LogP contribution in [-0.4, -0.2) is 51.5 Å². The molecule has 10 heteroatoms. The van der Waals surface area contributed by atoms with Crippen molar-refractivity contribution in [3.63, 3.8) is 0 Å². The minimum atomic E-state index is -3.74. The molecule has 8 nitrogen and oxygen atoms in total. The van der Waals surface area contributed by atoms with E-state index < -0.39 is 15.9 Å². The first-order valence-corrected chi connectivity index (χ1v) is 12.4. The first-order valence-electron chi connectivity index (χ1n) is 10.6. The highest BCUT2D eigenvalue weighted by molar-refractivity contribution is 7.89.